The smallest absolute Gasteiger partial charge is 0.333 e. The second-order valence-corrected chi connectivity index (χ2v) is 6.92. The van der Waals surface area contributed by atoms with Gasteiger partial charge in [-0.25, -0.2) is 4.79 Å². The predicted octanol–water partition coefficient (Wildman–Crippen LogP) is 3.04. The number of aliphatic hydroxyl groups excluding tert-OH is 1. The van der Waals surface area contributed by atoms with Gasteiger partial charge in [0.1, 0.15) is 0 Å². The normalized spacial score (nSPS) is 12.7. The molecule has 2 amide bonds. The molecule has 0 spiro atoms. The molecule has 0 fully saturated rings. The minimum atomic E-state index is -0.379. The van der Waals surface area contributed by atoms with Crippen molar-refractivity contribution in [3.8, 4) is 0 Å². The van der Waals surface area contributed by atoms with Crippen molar-refractivity contribution in [1.82, 2.24) is 10.7 Å². The van der Waals surface area contributed by atoms with Gasteiger partial charge in [-0.05, 0) is 50.7 Å². The van der Waals surface area contributed by atoms with Crippen LogP contribution in [0, 0.1) is 26.2 Å². The summed E-state index contributed by atoms with van der Waals surface area (Å²) in [5.41, 5.74) is 9.79. The van der Waals surface area contributed by atoms with Gasteiger partial charge < -0.3 is 10.4 Å². The van der Waals surface area contributed by atoms with E-state index < -0.39 is 0 Å². The Morgan fingerprint density at radius 3 is 2.27 bits per heavy atom. The highest BCUT2D eigenvalue weighted by Gasteiger charge is 2.21. The molecule has 1 unspecified atom stereocenters. The SMILES string of the molecule is Cc1cc(C)c(NNC(=O)NCC(C)(C)CC(C)O)c(C)c1. The van der Waals surface area contributed by atoms with Crippen molar-refractivity contribution >= 4 is 11.7 Å². The Morgan fingerprint density at radius 1 is 1.23 bits per heavy atom. The third kappa shape index (κ3) is 5.93. The number of amides is 2. The van der Waals surface area contributed by atoms with Crippen LogP contribution >= 0.6 is 0 Å². The molecule has 0 saturated carbocycles. The van der Waals surface area contributed by atoms with Gasteiger partial charge in [0.05, 0.1) is 11.8 Å². The molecule has 124 valence electrons. The predicted molar refractivity (Wildman–Crippen MR) is 90.9 cm³/mol. The fraction of sp³-hybridized carbons (Fsp3) is 0.588. The summed E-state index contributed by atoms with van der Waals surface area (Å²) in [7, 11) is 0. The molecule has 0 aliphatic carbocycles. The summed E-state index contributed by atoms with van der Waals surface area (Å²) in [5, 5.41) is 12.3. The molecule has 1 aromatic rings. The lowest BCUT2D eigenvalue weighted by molar-refractivity contribution is 0.129. The minimum absolute atomic E-state index is 0.152. The van der Waals surface area contributed by atoms with Crippen LogP contribution in [0.5, 0.6) is 0 Å². The van der Waals surface area contributed by atoms with E-state index in [0.29, 0.717) is 13.0 Å². The number of benzene rings is 1. The lowest BCUT2D eigenvalue weighted by atomic mass is 9.87. The average Bonchev–Trinajstić information content (AvgIpc) is 2.33. The zero-order valence-corrected chi connectivity index (χ0v) is 14.5. The van der Waals surface area contributed by atoms with Crippen molar-refractivity contribution in [2.75, 3.05) is 12.0 Å². The van der Waals surface area contributed by atoms with Gasteiger partial charge in [-0.15, -0.1) is 0 Å². The summed E-state index contributed by atoms with van der Waals surface area (Å²) in [5.74, 6) is 0. The molecule has 0 aliphatic rings. The van der Waals surface area contributed by atoms with E-state index in [2.05, 4.69) is 28.3 Å². The fourth-order valence-corrected chi connectivity index (χ4v) is 2.73. The highest BCUT2D eigenvalue weighted by atomic mass is 16.3. The molecule has 0 saturated heterocycles. The first-order valence-corrected chi connectivity index (χ1v) is 7.66. The summed E-state index contributed by atoms with van der Waals surface area (Å²) in [6.07, 6.45) is 0.257. The average molecular weight is 307 g/mol. The molecule has 5 heteroatoms. The Hall–Kier alpha value is -1.75. The molecule has 4 N–H and O–H groups in total. The quantitative estimate of drug-likeness (QED) is 0.610. The van der Waals surface area contributed by atoms with E-state index >= 15 is 0 Å². The summed E-state index contributed by atoms with van der Waals surface area (Å²) in [6, 6.07) is 3.86. The molecule has 0 aromatic heterocycles. The first-order valence-electron chi connectivity index (χ1n) is 7.66. The monoisotopic (exact) mass is 307 g/mol. The van der Waals surface area contributed by atoms with Crippen molar-refractivity contribution in [3.63, 3.8) is 0 Å². The molecule has 1 atom stereocenters. The standard InChI is InChI=1S/C17H29N3O2/c1-11-7-12(2)15(13(3)8-11)19-20-16(22)18-10-17(5,6)9-14(4)21/h7-8,14,19,21H,9-10H2,1-6H3,(H2,18,20,22). The summed E-state index contributed by atoms with van der Waals surface area (Å²) < 4.78 is 0. The third-order valence-electron chi connectivity index (χ3n) is 3.55. The number of hydrazine groups is 1. The van der Waals surface area contributed by atoms with E-state index in [4.69, 9.17) is 0 Å². The second-order valence-electron chi connectivity index (χ2n) is 6.92. The topological polar surface area (TPSA) is 73.4 Å². The van der Waals surface area contributed by atoms with E-state index in [1.165, 1.54) is 5.56 Å². The van der Waals surface area contributed by atoms with Crippen LogP contribution in [-0.4, -0.2) is 23.8 Å². The largest absolute Gasteiger partial charge is 0.393 e. The molecule has 0 aliphatic heterocycles. The lowest BCUT2D eigenvalue weighted by Crippen LogP contribution is -2.43. The number of nitrogens with one attached hydrogen (secondary N) is 3. The number of anilines is 1. The summed E-state index contributed by atoms with van der Waals surface area (Å²) in [4.78, 5) is 11.9. The Balaban J connectivity index is 2.51. The fourth-order valence-electron chi connectivity index (χ4n) is 2.73. The maximum atomic E-state index is 11.9. The van der Waals surface area contributed by atoms with Crippen LogP contribution in [0.1, 0.15) is 43.9 Å². The minimum Gasteiger partial charge on any atom is -0.393 e. The summed E-state index contributed by atoms with van der Waals surface area (Å²) >= 11 is 0. The highest BCUT2D eigenvalue weighted by Crippen LogP contribution is 2.22. The zero-order valence-electron chi connectivity index (χ0n) is 14.5. The molecule has 22 heavy (non-hydrogen) atoms. The van der Waals surface area contributed by atoms with Gasteiger partial charge in [0.2, 0.25) is 0 Å². The Bertz CT molecular complexity index is 502. The van der Waals surface area contributed by atoms with Crippen LogP contribution in [0.15, 0.2) is 12.1 Å². The van der Waals surface area contributed by atoms with E-state index in [9.17, 15) is 9.90 Å². The number of hydrogen-bond donors (Lipinski definition) is 4. The number of aryl methyl sites for hydroxylation is 3. The number of carbonyl (C=O) groups is 1. The van der Waals surface area contributed by atoms with Gasteiger partial charge in [0, 0.05) is 6.54 Å². The molecule has 0 radical (unpaired) electrons. The number of urea groups is 1. The van der Waals surface area contributed by atoms with Crippen LogP contribution < -0.4 is 16.2 Å². The van der Waals surface area contributed by atoms with Crippen LogP contribution in [0.3, 0.4) is 0 Å². The van der Waals surface area contributed by atoms with E-state index in [0.717, 1.165) is 16.8 Å². The zero-order chi connectivity index (χ0) is 16.9. The second kappa shape index (κ2) is 7.49. The number of carbonyl (C=O) groups excluding carboxylic acids is 1. The Morgan fingerprint density at radius 2 is 1.77 bits per heavy atom. The maximum absolute atomic E-state index is 11.9. The van der Waals surface area contributed by atoms with E-state index in [-0.39, 0.29) is 17.6 Å². The van der Waals surface area contributed by atoms with Crippen molar-refractivity contribution in [3.05, 3.63) is 28.8 Å². The molecule has 0 bridgehead atoms. The van der Waals surface area contributed by atoms with Crippen molar-refractivity contribution in [2.24, 2.45) is 5.41 Å². The van der Waals surface area contributed by atoms with Crippen molar-refractivity contribution in [2.45, 2.75) is 54.1 Å². The van der Waals surface area contributed by atoms with Crippen LogP contribution in [0.4, 0.5) is 10.5 Å². The van der Waals surface area contributed by atoms with Crippen LogP contribution in [-0.2, 0) is 0 Å². The Kier molecular flexibility index (Phi) is 6.23. The van der Waals surface area contributed by atoms with Gasteiger partial charge >= 0.3 is 6.03 Å². The van der Waals surface area contributed by atoms with Crippen molar-refractivity contribution < 1.29 is 9.90 Å². The van der Waals surface area contributed by atoms with Crippen LogP contribution in [0.25, 0.3) is 0 Å². The van der Waals surface area contributed by atoms with E-state index in [1.54, 1.807) is 6.92 Å². The lowest BCUT2D eigenvalue weighted by Gasteiger charge is -2.26. The van der Waals surface area contributed by atoms with Gasteiger partial charge in [-0.1, -0.05) is 31.5 Å². The molecule has 0 heterocycles. The van der Waals surface area contributed by atoms with Gasteiger partial charge in [-0.2, -0.15) is 0 Å². The molecule has 1 rings (SSSR count). The van der Waals surface area contributed by atoms with Crippen LogP contribution in [0.2, 0.25) is 0 Å². The molecule has 1 aromatic carbocycles. The van der Waals surface area contributed by atoms with E-state index in [1.807, 2.05) is 34.6 Å². The molecular weight excluding hydrogens is 278 g/mol. The molecular formula is C17H29N3O2. The van der Waals surface area contributed by atoms with Gasteiger partial charge in [-0.3, -0.25) is 10.9 Å². The highest BCUT2D eigenvalue weighted by molar-refractivity contribution is 5.76. The summed E-state index contributed by atoms with van der Waals surface area (Å²) in [6.45, 7) is 12.3. The number of hydrogen-bond acceptors (Lipinski definition) is 3. The maximum Gasteiger partial charge on any atom is 0.333 e. The van der Waals surface area contributed by atoms with Gasteiger partial charge in [0.25, 0.3) is 0 Å². The Labute approximate surface area is 133 Å². The third-order valence-corrected chi connectivity index (χ3v) is 3.55. The number of rotatable bonds is 6. The number of aliphatic hydroxyl groups is 1. The molecule has 5 nitrogen and oxygen atoms in total. The van der Waals surface area contributed by atoms with Crippen molar-refractivity contribution in [1.29, 1.82) is 0 Å². The first-order chi connectivity index (χ1) is 10.1. The first kappa shape index (κ1) is 18.3. The van der Waals surface area contributed by atoms with Gasteiger partial charge in [0.15, 0.2) is 0 Å².